The van der Waals surface area contributed by atoms with Gasteiger partial charge in [-0.05, 0) is 26.3 Å². The van der Waals surface area contributed by atoms with Crippen LogP contribution in [0.3, 0.4) is 0 Å². The maximum Gasteiger partial charge on any atom is 0.236 e. The number of amides is 1. The Balaban J connectivity index is 2.42. The summed E-state index contributed by atoms with van der Waals surface area (Å²) in [7, 11) is 0. The maximum atomic E-state index is 12.2. The summed E-state index contributed by atoms with van der Waals surface area (Å²) >= 11 is 0. The van der Waals surface area contributed by atoms with E-state index in [0.717, 1.165) is 32.5 Å². The minimum absolute atomic E-state index is 0.0121. The Kier molecular flexibility index (Phi) is 6.74. The molecule has 0 aliphatic carbocycles. The third-order valence-corrected chi connectivity index (χ3v) is 3.52. The second-order valence-corrected chi connectivity index (χ2v) is 5.15. The lowest BCUT2D eigenvalue weighted by Gasteiger charge is -2.26. The molecule has 1 heterocycles. The number of hydrogen-bond acceptors (Lipinski definition) is 3. The number of likely N-dealkylation sites (N-methyl/N-ethyl adjacent to an activating group) is 1. The van der Waals surface area contributed by atoms with Gasteiger partial charge in [0.15, 0.2) is 0 Å². The van der Waals surface area contributed by atoms with Gasteiger partial charge in [0.2, 0.25) is 5.91 Å². The Labute approximate surface area is 111 Å². The van der Waals surface area contributed by atoms with Gasteiger partial charge in [0.05, 0.1) is 18.5 Å². The zero-order valence-corrected chi connectivity index (χ0v) is 11.7. The first-order valence-electron chi connectivity index (χ1n) is 7.07. The van der Waals surface area contributed by atoms with Gasteiger partial charge in [0.25, 0.3) is 0 Å². The van der Waals surface area contributed by atoms with Crippen LogP contribution in [0, 0.1) is 17.2 Å². The van der Waals surface area contributed by atoms with E-state index >= 15 is 0 Å². The van der Waals surface area contributed by atoms with Crippen molar-refractivity contribution >= 4 is 5.91 Å². The molecule has 1 fully saturated rings. The number of carbonyl (C=O) groups excluding carboxylic acids is 1. The lowest BCUT2D eigenvalue weighted by Crippen LogP contribution is -2.42. The number of nitrogens with zero attached hydrogens (tertiary/aromatic N) is 3. The Morgan fingerprint density at radius 3 is 2.44 bits per heavy atom. The maximum absolute atomic E-state index is 12.2. The predicted molar refractivity (Wildman–Crippen MR) is 71.9 cm³/mol. The normalized spacial score (nSPS) is 18.2. The van der Waals surface area contributed by atoms with Crippen molar-refractivity contribution < 1.29 is 4.79 Å². The Hall–Kier alpha value is -1.08. The second-order valence-electron chi connectivity index (χ2n) is 5.15. The lowest BCUT2D eigenvalue weighted by atomic mass is 10.2. The number of carbonyl (C=O) groups is 1. The van der Waals surface area contributed by atoms with Crippen molar-refractivity contribution in [3.05, 3.63) is 0 Å². The molecule has 0 N–H and O–H groups in total. The van der Waals surface area contributed by atoms with Crippen LogP contribution in [0.15, 0.2) is 0 Å². The van der Waals surface area contributed by atoms with E-state index in [2.05, 4.69) is 11.0 Å². The number of rotatable bonds is 5. The van der Waals surface area contributed by atoms with E-state index in [9.17, 15) is 4.79 Å². The first-order chi connectivity index (χ1) is 8.67. The third kappa shape index (κ3) is 5.05. The van der Waals surface area contributed by atoms with Crippen molar-refractivity contribution in [3.63, 3.8) is 0 Å². The van der Waals surface area contributed by atoms with Crippen LogP contribution >= 0.6 is 0 Å². The summed E-state index contributed by atoms with van der Waals surface area (Å²) in [4.78, 5) is 16.3. The van der Waals surface area contributed by atoms with Crippen molar-refractivity contribution in [2.24, 2.45) is 5.92 Å². The highest BCUT2D eigenvalue weighted by Gasteiger charge is 2.18. The average Bonchev–Trinajstić information content (AvgIpc) is 2.66. The van der Waals surface area contributed by atoms with E-state index in [0.29, 0.717) is 13.1 Å². The highest BCUT2D eigenvalue weighted by molar-refractivity contribution is 5.78. The van der Waals surface area contributed by atoms with Gasteiger partial charge >= 0.3 is 0 Å². The van der Waals surface area contributed by atoms with Gasteiger partial charge in [-0.25, -0.2) is 0 Å². The Morgan fingerprint density at radius 1 is 1.33 bits per heavy atom. The van der Waals surface area contributed by atoms with Crippen LogP contribution in [0.2, 0.25) is 0 Å². The first-order valence-corrected chi connectivity index (χ1v) is 7.07. The number of likely N-dealkylation sites (tertiary alicyclic amines) is 1. The molecule has 0 radical (unpaired) electrons. The highest BCUT2D eigenvalue weighted by Crippen LogP contribution is 2.10. The summed E-state index contributed by atoms with van der Waals surface area (Å²) in [6.07, 6.45) is 4.75. The fraction of sp³-hybridized carbons (Fsp3) is 0.857. The fourth-order valence-corrected chi connectivity index (χ4v) is 2.34. The largest absolute Gasteiger partial charge is 0.342 e. The zero-order chi connectivity index (χ0) is 13.4. The smallest absolute Gasteiger partial charge is 0.236 e. The van der Waals surface area contributed by atoms with Crippen molar-refractivity contribution in [2.45, 2.75) is 39.5 Å². The van der Waals surface area contributed by atoms with Crippen LogP contribution in [0.5, 0.6) is 0 Å². The van der Waals surface area contributed by atoms with E-state index in [4.69, 9.17) is 5.26 Å². The van der Waals surface area contributed by atoms with E-state index in [-0.39, 0.29) is 11.8 Å². The van der Waals surface area contributed by atoms with Crippen LogP contribution in [0.4, 0.5) is 0 Å². The predicted octanol–water partition coefficient (Wildman–Crippen LogP) is 1.87. The van der Waals surface area contributed by atoms with Crippen LogP contribution in [0.25, 0.3) is 0 Å². The van der Waals surface area contributed by atoms with E-state index in [1.807, 2.05) is 18.7 Å². The summed E-state index contributed by atoms with van der Waals surface area (Å²) in [6.45, 7) is 7.73. The molecule has 18 heavy (non-hydrogen) atoms. The van der Waals surface area contributed by atoms with Crippen molar-refractivity contribution in [3.8, 4) is 6.07 Å². The van der Waals surface area contributed by atoms with Gasteiger partial charge in [-0.15, -0.1) is 0 Å². The van der Waals surface area contributed by atoms with Gasteiger partial charge in [0, 0.05) is 19.6 Å². The van der Waals surface area contributed by atoms with Gasteiger partial charge in [-0.3, -0.25) is 9.69 Å². The molecule has 0 aromatic carbocycles. The molecule has 0 saturated carbocycles. The summed E-state index contributed by atoms with van der Waals surface area (Å²) in [5.74, 6) is 0.214. The van der Waals surface area contributed by atoms with Crippen molar-refractivity contribution in [1.29, 1.82) is 5.26 Å². The average molecular weight is 251 g/mol. The van der Waals surface area contributed by atoms with Gasteiger partial charge in [0.1, 0.15) is 0 Å². The molecular formula is C14H25N3O. The summed E-state index contributed by atoms with van der Waals surface area (Å²) in [5.41, 5.74) is 0. The van der Waals surface area contributed by atoms with Crippen molar-refractivity contribution in [2.75, 3.05) is 32.7 Å². The number of nitriles is 1. The van der Waals surface area contributed by atoms with E-state index in [1.165, 1.54) is 12.8 Å². The summed E-state index contributed by atoms with van der Waals surface area (Å²) in [6, 6.07) is 2.23. The summed E-state index contributed by atoms with van der Waals surface area (Å²) < 4.78 is 0. The molecule has 1 saturated heterocycles. The molecule has 1 aliphatic rings. The van der Waals surface area contributed by atoms with Crippen LogP contribution in [0.1, 0.15) is 39.5 Å². The van der Waals surface area contributed by atoms with Crippen molar-refractivity contribution in [1.82, 2.24) is 9.80 Å². The zero-order valence-electron chi connectivity index (χ0n) is 11.7. The topological polar surface area (TPSA) is 47.3 Å². The molecule has 4 heteroatoms. The molecule has 0 spiro atoms. The third-order valence-electron chi connectivity index (χ3n) is 3.52. The van der Waals surface area contributed by atoms with Gasteiger partial charge in [-0.1, -0.05) is 19.8 Å². The Morgan fingerprint density at radius 2 is 1.94 bits per heavy atom. The molecule has 1 unspecified atom stereocenters. The van der Waals surface area contributed by atoms with Gasteiger partial charge < -0.3 is 4.90 Å². The SMILES string of the molecule is CCN(CC(=O)N1CCCCCC1)CC(C)C#N. The van der Waals surface area contributed by atoms with E-state index in [1.54, 1.807) is 0 Å². The monoisotopic (exact) mass is 251 g/mol. The molecule has 0 aromatic rings. The van der Waals surface area contributed by atoms with E-state index < -0.39 is 0 Å². The van der Waals surface area contributed by atoms with Crippen LogP contribution < -0.4 is 0 Å². The molecule has 102 valence electrons. The molecule has 1 atom stereocenters. The standard InChI is InChI=1S/C14H25N3O/c1-3-16(11-13(2)10-15)12-14(18)17-8-6-4-5-7-9-17/h13H,3-9,11-12H2,1-2H3. The molecule has 1 amide bonds. The fourth-order valence-electron chi connectivity index (χ4n) is 2.34. The second kappa shape index (κ2) is 8.10. The molecule has 1 aliphatic heterocycles. The summed E-state index contributed by atoms with van der Waals surface area (Å²) in [5, 5.41) is 8.83. The molecule has 0 aromatic heterocycles. The number of hydrogen-bond donors (Lipinski definition) is 0. The molecule has 0 bridgehead atoms. The molecule has 1 rings (SSSR count). The quantitative estimate of drug-likeness (QED) is 0.749. The molecule has 4 nitrogen and oxygen atoms in total. The molecular weight excluding hydrogens is 226 g/mol. The first kappa shape index (κ1) is 15.0. The van der Waals surface area contributed by atoms with Crippen LogP contribution in [-0.2, 0) is 4.79 Å². The van der Waals surface area contributed by atoms with Gasteiger partial charge in [-0.2, -0.15) is 5.26 Å². The minimum atomic E-state index is -0.0121. The minimum Gasteiger partial charge on any atom is -0.342 e. The lowest BCUT2D eigenvalue weighted by molar-refractivity contribution is -0.132. The Bertz CT molecular complexity index is 290. The highest BCUT2D eigenvalue weighted by atomic mass is 16.2. The van der Waals surface area contributed by atoms with Crippen LogP contribution in [-0.4, -0.2) is 48.4 Å².